The van der Waals surface area contributed by atoms with Crippen molar-refractivity contribution in [2.75, 3.05) is 7.11 Å². The van der Waals surface area contributed by atoms with Crippen molar-refractivity contribution in [3.63, 3.8) is 0 Å². The number of rotatable bonds is 4. The summed E-state index contributed by atoms with van der Waals surface area (Å²) in [6, 6.07) is 11.3. The van der Waals surface area contributed by atoms with Crippen LogP contribution < -0.4 is 0 Å². The number of ether oxygens (including phenoxy) is 1. The van der Waals surface area contributed by atoms with Crippen LogP contribution in [-0.2, 0) is 9.53 Å². The first-order chi connectivity index (χ1) is 9.54. The van der Waals surface area contributed by atoms with Crippen molar-refractivity contribution in [3.05, 3.63) is 36.4 Å². The molecule has 1 N–H and O–H groups in total. The molecule has 0 saturated heterocycles. The van der Waals surface area contributed by atoms with Crippen LogP contribution in [0.3, 0.4) is 0 Å². The molecule has 0 aromatic heterocycles. The number of hydrogen-bond donors (Lipinski definition) is 1. The lowest BCUT2D eigenvalue weighted by molar-refractivity contribution is -0.144. The van der Waals surface area contributed by atoms with Crippen molar-refractivity contribution >= 4 is 28.5 Å². The van der Waals surface area contributed by atoms with Crippen LogP contribution in [0, 0.1) is 5.92 Å². The first-order valence-electron chi connectivity index (χ1n) is 6.49. The van der Waals surface area contributed by atoms with E-state index in [-0.39, 0.29) is 22.9 Å². The Balaban J connectivity index is 2.30. The molecular weight excluding hydrogens is 272 g/mol. The van der Waals surface area contributed by atoms with E-state index in [0.717, 1.165) is 15.7 Å². The van der Waals surface area contributed by atoms with Crippen molar-refractivity contribution in [1.82, 2.24) is 0 Å². The fourth-order valence-corrected chi connectivity index (χ4v) is 3.21. The highest BCUT2D eigenvalue weighted by Crippen LogP contribution is 2.37. The third-order valence-corrected chi connectivity index (χ3v) is 4.84. The zero-order valence-electron chi connectivity index (χ0n) is 11.8. The van der Waals surface area contributed by atoms with Crippen LogP contribution >= 0.6 is 11.8 Å². The van der Waals surface area contributed by atoms with Crippen LogP contribution in [0.4, 0.5) is 0 Å². The van der Waals surface area contributed by atoms with Gasteiger partial charge in [-0.3, -0.25) is 4.79 Å². The Morgan fingerprint density at radius 1 is 1.15 bits per heavy atom. The minimum absolute atomic E-state index is 0.0930. The number of aromatic hydroxyl groups is 1. The first-order valence-corrected chi connectivity index (χ1v) is 7.37. The highest BCUT2D eigenvalue weighted by molar-refractivity contribution is 8.00. The Labute approximate surface area is 122 Å². The number of carbonyl (C=O) groups excluding carboxylic acids is 1. The van der Waals surface area contributed by atoms with E-state index in [4.69, 9.17) is 4.74 Å². The summed E-state index contributed by atoms with van der Waals surface area (Å²) < 4.78 is 4.79. The topological polar surface area (TPSA) is 46.5 Å². The molecule has 20 heavy (non-hydrogen) atoms. The van der Waals surface area contributed by atoms with E-state index < -0.39 is 0 Å². The molecule has 0 bridgehead atoms. The Kier molecular flexibility index (Phi) is 4.55. The number of thioether (sulfide) groups is 1. The summed E-state index contributed by atoms with van der Waals surface area (Å²) >= 11 is 1.62. The number of esters is 1. The molecule has 2 aromatic rings. The highest BCUT2D eigenvalue weighted by Gasteiger charge is 2.22. The largest absolute Gasteiger partial charge is 0.507 e. The van der Waals surface area contributed by atoms with E-state index >= 15 is 0 Å². The lowest BCUT2D eigenvalue weighted by Crippen LogP contribution is -2.21. The van der Waals surface area contributed by atoms with Gasteiger partial charge in [-0.05, 0) is 17.5 Å². The van der Waals surface area contributed by atoms with Gasteiger partial charge in [0.25, 0.3) is 0 Å². The second kappa shape index (κ2) is 6.18. The van der Waals surface area contributed by atoms with Crippen molar-refractivity contribution in [3.8, 4) is 5.75 Å². The smallest absolute Gasteiger partial charge is 0.309 e. The lowest BCUT2D eigenvalue weighted by atomic mass is 10.1. The van der Waals surface area contributed by atoms with Gasteiger partial charge in [-0.15, -0.1) is 11.8 Å². The third-order valence-electron chi connectivity index (χ3n) is 3.45. The summed E-state index contributed by atoms with van der Waals surface area (Å²) in [5.74, 6) is -0.107. The number of hydrogen-bond acceptors (Lipinski definition) is 4. The number of benzene rings is 2. The van der Waals surface area contributed by atoms with E-state index in [1.807, 2.05) is 44.2 Å². The third kappa shape index (κ3) is 2.90. The predicted octanol–water partition coefficient (Wildman–Crippen LogP) is 3.84. The van der Waals surface area contributed by atoms with Crippen LogP contribution in [0.1, 0.15) is 13.8 Å². The Morgan fingerprint density at radius 3 is 2.45 bits per heavy atom. The van der Waals surface area contributed by atoms with Crippen molar-refractivity contribution in [1.29, 1.82) is 0 Å². The fourth-order valence-electron chi connectivity index (χ4n) is 2.04. The molecule has 2 unspecified atom stereocenters. The van der Waals surface area contributed by atoms with Gasteiger partial charge in [0, 0.05) is 15.5 Å². The molecule has 0 saturated carbocycles. The zero-order valence-corrected chi connectivity index (χ0v) is 12.6. The van der Waals surface area contributed by atoms with Gasteiger partial charge in [-0.2, -0.15) is 0 Å². The standard InChI is InChI=1S/C16H18O3S/c1-10(16(18)19-3)11(2)20-15-9-8-14(17)12-6-4-5-7-13(12)15/h4-11,17H,1-3H3. The van der Waals surface area contributed by atoms with Gasteiger partial charge in [0.2, 0.25) is 0 Å². The van der Waals surface area contributed by atoms with E-state index in [2.05, 4.69) is 0 Å². The summed E-state index contributed by atoms with van der Waals surface area (Å²) in [6.07, 6.45) is 0. The van der Waals surface area contributed by atoms with E-state index in [0.29, 0.717) is 0 Å². The SMILES string of the molecule is COC(=O)C(C)C(C)Sc1ccc(O)c2ccccc12. The molecule has 3 nitrogen and oxygen atoms in total. The van der Waals surface area contributed by atoms with Gasteiger partial charge >= 0.3 is 5.97 Å². The van der Waals surface area contributed by atoms with Crippen molar-refractivity contribution in [2.24, 2.45) is 5.92 Å². The molecule has 106 valence electrons. The molecule has 0 aliphatic rings. The van der Waals surface area contributed by atoms with E-state index in [1.54, 1.807) is 17.8 Å². The molecule has 0 aliphatic carbocycles. The summed E-state index contributed by atoms with van der Waals surface area (Å²) in [6.45, 7) is 3.87. The molecule has 0 amide bonds. The fraction of sp³-hybridized carbons (Fsp3) is 0.312. The monoisotopic (exact) mass is 290 g/mol. The number of methoxy groups -OCH3 is 1. The molecule has 0 heterocycles. The predicted molar refractivity (Wildman–Crippen MR) is 82.1 cm³/mol. The average molecular weight is 290 g/mol. The van der Waals surface area contributed by atoms with Gasteiger partial charge in [-0.1, -0.05) is 38.1 Å². The minimum atomic E-state index is -0.201. The van der Waals surface area contributed by atoms with Gasteiger partial charge in [0.1, 0.15) is 5.75 Å². The molecule has 2 atom stereocenters. The van der Waals surface area contributed by atoms with Gasteiger partial charge in [0.15, 0.2) is 0 Å². The molecule has 2 aromatic carbocycles. The van der Waals surface area contributed by atoms with E-state index in [9.17, 15) is 9.90 Å². The molecule has 4 heteroatoms. The Morgan fingerprint density at radius 2 is 1.80 bits per heavy atom. The van der Waals surface area contributed by atoms with Crippen molar-refractivity contribution in [2.45, 2.75) is 24.0 Å². The average Bonchev–Trinajstić information content (AvgIpc) is 2.48. The van der Waals surface area contributed by atoms with Crippen LogP contribution in [0.25, 0.3) is 10.8 Å². The van der Waals surface area contributed by atoms with Crippen LogP contribution in [-0.4, -0.2) is 23.4 Å². The molecule has 0 aliphatic heterocycles. The van der Waals surface area contributed by atoms with Gasteiger partial charge in [0.05, 0.1) is 13.0 Å². The zero-order chi connectivity index (χ0) is 14.7. The molecule has 0 spiro atoms. The normalized spacial score (nSPS) is 13.9. The second-order valence-corrected chi connectivity index (χ2v) is 6.18. The Bertz CT molecular complexity index is 624. The van der Waals surface area contributed by atoms with Crippen LogP contribution in [0.2, 0.25) is 0 Å². The quantitative estimate of drug-likeness (QED) is 0.686. The highest BCUT2D eigenvalue weighted by atomic mass is 32.2. The summed E-state index contributed by atoms with van der Waals surface area (Å²) in [5, 5.41) is 11.8. The number of phenolic OH excluding ortho intramolecular Hbond substituents is 1. The Hall–Kier alpha value is -1.68. The lowest BCUT2D eigenvalue weighted by Gasteiger charge is -2.18. The first kappa shape index (κ1) is 14.7. The molecule has 0 fully saturated rings. The number of fused-ring (bicyclic) bond motifs is 1. The molecule has 2 rings (SSSR count). The second-order valence-electron chi connectivity index (χ2n) is 4.76. The number of phenols is 1. The van der Waals surface area contributed by atoms with Gasteiger partial charge < -0.3 is 9.84 Å². The van der Waals surface area contributed by atoms with Crippen molar-refractivity contribution < 1.29 is 14.6 Å². The minimum Gasteiger partial charge on any atom is -0.507 e. The maximum atomic E-state index is 11.6. The summed E-state index contributed by atoms with van der Waals surface area (Å²) in [7, 11) is 1.41. The maximum absolute atomic E-state index is 11.6. The van der Waals surface area contributed by atoms with Crippen LogP contribution in [0.5, 0.6) is 5.75 Å². The van der Waals surface area contributed by atoms with Gasteiger partial charge in [-0.25, -0.2) is 0 Å². The molecular formula is C16H18O3S. The maximum Gasteiger partial charge on any atom is 0.309 e. The summed E-state index contributed by atoms with van der Waals surface area (Å²) in [4.78, 5) is 12.6. The van der Waals surface area contributed by atoms with E-state index in [1.165, 1.54) is 7.11 Å². The van der Waals surface area contributed by atoms with Crippen LogP contribution in [0.15, 0.2) is 41.3 Å². The molecule has 0 radical (unpaired) electrons. The summed E-state index contributed by atoms with van der Waals surface area (Å²) in [5.41, 5.74) is 0. The number of carbonyl (C=O) groups is 1.